The third-order valence-corrected chi connectivity index (χ3v) is 3.52. The summed E-state index contributed by atoms with van der Waals surface area (Å²) in [6.45, 7) is 4.58. The maximum atomic E-state index is 12.3. The second kappa shape index (κ2) is 8.26. The van der Waals surface area contributed by atoms with E-state index >= 15 is 0 Å². The van der Waals surface area contributed by atoms with Crippen molar-refractivity contribution in [1.82, 2.24) is 10.6 Å². The molecule has 8 nitrogen and oxygen atoms in total. The molecule has 10 heteroatoms. The average Bonchev–Trinajstić information content (AvgIpc) is 2.45. The van der Waals surface area contributed by atoms with Crippen molar-refractivity contribution >= 4 is 46.9 Å². The normalized spacial score (nSPS) is 12.2. The maximum absolute atomic E-state index is 12.3. The highest BCUT2D eigenvalue weighted by molar-refractivity contribution is 6.41. The number of halogens is 2. The molecule has 0 spiro atoms. The molecule has 0 aliphatic carbocycles. The number of nitrogen functional groups attached to an aromatic ring is 1. The zero-order valence-electron chi connectivity index (χ0n) is 13.9. The quantitative estimate of drug-likeness (QED) is 0.569. The number of hydrogen-bond donors (Lipinski definition) is 4. The van der Waals surface area contributed by atoms with Gasteiger partial charge >= 0.3 is 12.1 Å². The van der Waals surface area contributed by atoms with E-state index in [1.54, 1.807) is 20.8 Å². The number of nitrogens with one attached hydrogen (secondary N) is 2. The average molecular weight is 392 g/mol. The number of alkyl carbamates (subject to hydrolysis) is 1. The van der Waals surface area contributed by atoms with Crippen molar-refractivity contribution in [2.75, 3.05) is 12.3 Å². The predicted molar refractivity (Wildman–Crippen MR) is 94.0 cm³/mol. The number of hydrogen-bond acceptors (Lipinski definition) is 5. The molecule has 2 amide bonds. The number of carboxylic acids is 1. The fourth-order valence-corrected chi connectivity index (χ4v) is 2.25. The lowest BCUT2D eigenvalue weighted by molar-refractivity contribution is -0.139. The van der Waals surface area contributed by atoms with Gasteiger partial charge in [-0.15, -0.1) is 0 Å². The number of rotatable bonds is 5. The van der Waals surface area contributed by atoms with E-state index in [-0.39, 0.29) is 21.3 Å². The van der Waals surface area contributed by atoms with E-state index < -0.39 is 36.2 Å². The third kappa shape index (κ3) is 6.32. The van der Waals surface area contributed by atoms with Crippen molar-refractivity contribution in [2.45, 2.75) is 32.4 Å². The summed E-state index contributed by atoms with van der Waals surface area (Å²) in [5, 5.41) is 13.6. The summed E-state index contributed by atoms with van der Waals surface area (Å²) in [5.41, 5.74) is 4.85. The lowest BCUT2D eigenvalue weighted by atomic mass is 10.1. The summed E-state index contributed by atoms with van der Waals surface area (Å²) in [6.07, 6.45) is -0.812. The van der Waals surface area contributed by atoms with Crippen molar-refractivity contribution < 1.29 is 24.2 Å². The second-order valence-electron chi connectivity index (χ2n) is 6.07. The Morgan fingerprint density at radius 1 is 1.28 bits per heavy atom. The van der Waals surface area contributed by atoms with Gasteiger partial charge in [-0.2, -0.15) is 0 Å². The smallest absolute Gasteiger partial charge is 0.407 e. The van der Waals surface area contributed by atoms with Gasteiger partial charge in [0.1, 0.15) is 11.6 Å². The van der Waals surface area contributed by atoms with E-state index in [1.165, 1.54) is 12.1 Å². The van der Waals surface area contributed by atoms with Gasteiger partial charge in [-0.3, -0.25) is 4.79 Å². The van der Waals surface area contributed by atoms with Crippen LogP contribution in [0.1, 0.15) is 31.1 Å². The van der Waals surface area contributed by atoms with Crippen LogP contribution in [0.25, 0.3) is 0 Å². The molecule has 1 aromatic carbocycles. The fraction of sp³-hybridized carbons (Fsp3) is 0.400. The van der Waals surface area contributed by atoms with Crippen LogP contribution in [0.4, 0.5) is 10.5 Å². The van der Waals surface area contributed by atoms with Crippen LogP contribution < -0.4 is 16.4 Å². The highest BCUT2D eigenvalue weighted by atomic mass is 35.5. The molecule has 25 heavy (non-hydrogen) atoms. The number of ether oxygens (including phenoxy) is 1. The largest absolute Gasteiger partial charge is 0.480 e. The number of carbonyl (C=O) groups excluding carboxylic acids is 2. The van der Waals surface area contributed by atoms with Crippen molar-refractivity contribution in [3.8, 4) is 0 Å². The monoisotopic (exact) mass is 391 g/mol. The highest BCUT2D eigenvalue weighted by Gasteiger charge is 2.25. The Morgan fingerprint density at radius 3 is 2.40 bits per heavy atom. The number of carboxylic acid groups (broad SMARTS) is 1. The molecule has 0 unspecified atom stereocenters. The topological polar surface area (TPSA) is 131 Å². The molecule has 0 aliphatic rings. The van der Waals surface area contributed by atoms with E-state index in [9.17, 15) is 19.5 Å². The van der Waals surface area contributed by atoms with Crippen LogP contribution >= 0.6 is 23.2 Å². The Kier molecular flexibility index (Phi) is 6.89. The minimum Gasteiger partial charge on any atom is -0.480 e. The maximum Gasteiger partial charge on any atom is 0.407 e. The lowest BCUT2D eigenvalue weighted by Gasteiger charge is -2.21. The molecule has 0 aromatic heterocycles. The Balaban J connectivity index is 2.82. The summed E-state index contributed by atoms with van der Waals surface area (Å²) in [4.78, 5) is 35.2. The number of benzene rings is 1. The van der Waals surface area contributed by atoms with Crippen LogP contribution in [-0.2, 0) is 9.53 Å². The van der Waals surface area contributed by atoms with Crippen molar-refractivity contribution in [1.29, 1.82) is 0 Å². The number of amides is 2. The number of carbonyl (C=O) groups is 3. The van der Waals surface area contributed by atoms with Gasteiger partial charge in [0.15, 0.2) is 0 Å². The lowest BCUT2D eigenvalue weighted by Crippen LogP contribution is -2.49. The van der Waals surface area contributed by atoms with E-state index in [0.717, 1.165) is 0 Å². The minimum atomic E-state index is -1.42. The molecule has 0 bridgehead atoms. The summed E-state index contributed by atoms with van der Waals surface area (Å²) >= 11 is 11.9. The van der Waals surface area contributed by atoms with Crippen molar-refractivity contribution in [3.63, 3.8) is 0 Å². The third-order valence-electron chi connectivity index (χ3n) is 2.80. The zero-order valence-corrected chi connectivity index (χ0v) is 15.4. The Morgan fingerprint density at radius 2 is 1.88 bits per heavy atom. The van der Waals surface area contributed by atoms with Gasteiger partial charge in [0.25, 0.3) is 5.91 Å². The summed E-state index contributed by atoms with van der Waals surface area (Å²) < 4.78 is 5.00. The van der Waals surface area contributed by atoms with Crippen LogP contribution in [0.3, 0.4) is 0 Å². The van der Waals surface area contributed by atoms with Crippen molar-refractivity contribution in [3.05, 3.63) is 27.7 Å². The van der Waals surface area contributed by atoms with E-state index in [2.05, 4.69) is 10.6 Å². The second-order valence-corrected chi connectivity index (χ2v) is 6.86. The molecule has 1 rings (SSSR count). The van der Waals surface area contributed by atoms with Gasteiger partial charge < -0.3 is 26.2 Å². The first-order chi connectivity index (χ1) is 11.4. The standard InChI is InChI=1S/C15H19Cl2N3O5/c1-15(2,3)25-14(24)19-6-9(13(22)23)20-12(21)10-7(16)4-5-8(18)11(10)17/h4-5,9H,6,18H2,1-3H3,(H,19,24)(H,20,21)(H,22,23)/t9-/m0/s1. The fourth-order valence-electron chi connectivity index (χ4n) is 1.71. The highest BCUT2D eigenvalue weighted by Crippen LogP contribution is 2.29. The van der Waals surface area contributed by atoms with Crippen LogP contribution in [0.5, 0.6) is 0 Å². The molecular formula is C15H19Cl2N3O5. The molecule has 138 valence electrons. The zero-order chi connectivity index (χ0) is 19.4. The molecule has 1 aromatic rings. The molecule has 5 N–H and O–H groups in total. The van der Waals surface area contributed by atoms with E-state index in [0.29, 0.717) is 0 Å². The first kappa shape index (κ1) is 20.9. The molecule has 0 heterocycles. The van der Waals surface area contributed by atoms with Gasteiger partial charge in [0, 0.05) is 0 Å². The van der Waals surface area contributed by atoms with Gasteiger partial charge in [-0.05, 0) is 32.9 Å². The van der Waals surface area contributed by atoms with Crippen LogP contribution in [0.15, 0.2) is 12.1 Å². The molecule has 0 saturated carbocycles. The van der Waals surface area contributed by atoms with Gasteiger partial charge in [0.05, 0.1) is 27.8 Å². The van der Waals surface area contributed by atoms with Crippen LogP contribution in [0, 0.1) is 0 Å². The van der Waals surface area contributed by atoms with Gasteiger partial charge in [-0.25, -0.2) is 9.59 Å². The van der Waals surface area contributed by atoms with Gasteiger partial charge in [0.2, 0.25) is 0 Å². The Bertz CT molecular complexity index is 688. The number of anilines is 1. The van der Waals surface area contributed by atoms with Crippen LogP contribution in [0.2, 0.25) is 10.0 Å². The molecule has 0 radical (unpaired) electrons. The summed E-state index contributed by atoms with van der Waals surface area (Å²) in [7, 11) is 0. The molecule has 1 atom stereocenters. The van der Waals surface area contributed by atoms with Gasteiger partial charge in [-0.1, -0.05) is 23.2 Å². The first-order valence-corrected chi connectivity index (χ1v) is 7.92. The number of aliphatic carboxylic acids is 1. The molecular weight excluding hydrogens is 373 g/mol. The number of nitrogens with two attached hydrogens (primary N) is 1. The first-order valence-electron chi connectivity index (χ1n) is 7.16. The summed E-state index contributed by atoms with van der Waals surface area (Å²) in [6, 6.07) is 1.36. The SMILES string of the molecule is CC(C)(C)OC(=O)NC[C@H](NC(=O)c1c(Cl)ccc(N)c1Cl)C(=O)O. The molecule has 0 saturated heterocycles. The molecule has 0 fully saturated rings. The minimum absolute atomic E-state index is 0.0148. The Labute approximate surface area is 154 Å². The Hall–Kier alpha value is -2.19. The predicted octanol–water partition coefficient (Wildman–Crippen LogP) is 2.28. The summed E-state index contributed by atoms with van der Waals surface area (Å²) in [5.74, 6) is -2.19. The van der Waals surface area contributed by atoms with E-state index in [4.69, 9.17) is 33.7 Å². The molecule has 0 aliphatic heterocycles. The van der Waals surface area contributed by atoms with E-state index in [1.807, 2.05) is 0 Å². The van der Waals surface area contributed by atoms with Crippen LogP contribution in [-0.4, -0.2) is 41.3 Å². The van der Waals surface area contributed by atoms with Crippen molar-refractivity contribution in [2.24, 2.45) is 0 Å².